The minimum Gasteiger partial charge on any atom is -0.359 e. The van der Waals surface area contributed by atoms with Gasteiger partial charge in [0.15, 0.2) is 6.17 Å². The first-order valence-electron chi connectivity index (χ1n) is 9.72. The molecular formula is C24H17IN4O2. The number of nitrogens with zero attached hydrogens (tertiary/aromatic N) is 2. The molecule has 5 rings (SSSR count). The van der Waals surface area contributed by atoms with Gasteiger partial charge in [0.2, 0.25) is 0 Å². The second-order valence-corrected chi connectivity index (χ2v) is 8.27. The lowest BCUT2D eigenvalue weighted by molar-refractivity contribution is 0.0492. The molecule has 3 aromatic carbocycles. The number of para-hydroxylation sites is 2. The molecule has 1 aliphatic rings. The summed E-state index contributed by atoms with van der Waals surface area (Å²) in [5.74, 6) is -0.635. The number of pyridine rings is 1. The van der Waals surface area contributed by atoms with Crippen molar-refractivity contribution in [2.75, 3.05) is 5.32 Å². The molecule has 0 unspecified atom stereocenters. The molecule has 0 aliphatic carbocycles. The zero-order valence-electron chi connectivity index (χ0n) is 16.2. The van der Waals surface area contributed by atoms with Gasteiger partial charge in [-0.1, -0.05) is 48.5 Å². The van der Waals surface area contributed by atoms with Gasteiger partial charge in [0, 0.05) is 26.4 Å². The summed E-state index contributed by atoms with van der Waals surface area (Å²) in [5, 5.41) is 5.72. The molecule has 0 radical (unpaired) electrons. The molecule has 0 fully saturated rings. The first-order valence-corrected chi connectivity index (χ1v) is 10.8. The molecular weight excluding hydrogens is 503 g/mol. The number of nitrogens with one attached hydrogen (secondary N) is 2. The van der Waals surface area contributed by atoms with E-state index in [2.05, 4.69) is 38.3 Å². The van der Waals surface area contributed by atoms with Gasteiger partial charge in [0.05, 0.1) is 16.6 Å². The van der Waals surface area contributed by atoms with Crippen molar-refractivity contribution in [1.82, 2.24) is 15.4 Å². The topological polar surface area (TPSA) is 74.3 Å². The van der Waals surface area contributed by atoms with Crippen LogP contribution >= 0.6 is 22.6 Å². The summed E-state index contributed by atoms with van der Waals surface area (Å²) in [7, 11) is 0. The molecule has 1 aromatic heterocycles. The number of anilines is 1. The number of hydrogen-bond donors (Lipinski definition) is 2. The second-order valence-electron chi connectivity index (χ2n) is 7.11. The van der Waals surface area contributed by atoms with Crippen molar-refractivity contribution in [3.63, 3.8) is 0 Å². The Bertz CT molecular complexity index is 1320. The predicted octanol–water partition coefficient (Wildman–Crippen LogP) is 4.75. The SMILES string of the molecule is O=C(NN1C(=O)c2ccccc2N[C@H]1c1cccc2cccnc12)c1ccccc1I. The predicted molar refractivity (Wildman–Crippen MR) is 127 cm³/mol. The van der Waals surface area contributed by atoms with E-state index < -0.39 is 6.17 Å². The Hall–Kier alpha value is -3.46. The van der Waals surface area contributed by atoms with Crippen LogP contribution in [0.25, 0.3) is 10.9 Å². The highest BCUT2D eigenvalue weighted by Gasteiger charge is 2.35. The molecule has 2 heterocycles. The highest BCUT2D eigenvalue weighted by molar-refractivity contribution is 14.1. The molecule has 31 heavy (non-hydrogen) atoms. The van der Waals surface area contributed by atoms with Crippen LogP contribution in [-0.2, 0) is 0 Å². The fraction of sp³-hybridized carbons (Fsp3) is 0.0417. The quantitative estimate of drug-likeness (QED) is 0.383. The molecule has 0 bridgehead atoms. The van der Waals surface area contributed by atoms with Gasteiger partial charge >= 0.3 is 0 Å². The lowest BCUT2D eigenvalue weighted by Crippen LogP contribution is -2.53. The summed E-state index contributed by atoms with van der Waals surface area (Å²) in [6, 6.07) is 24.2. The van der Waals surface area contributed by atoms with E-state index in [0.717, 1.165) is 20.0 Å². The summed E-state index contributed by atoms with van der Waals surface area (Å²) >= 11 is 2.11. The van der Waals surface area contributed by atoms with Crippen molar-refractivity contribution in [3.8, 4) is 0 Å². The van der Waals surface area contributed by atoms with Crippen LogP contribution in [0.5, 0.6) is 0 Å². The molecule has 2 amide bonds. The van der Waals surface area contributed by atoms with Crippen LogP contribution in [0.4, 0.5) is 5.69 Å². The Morgan fingerprint density at radius 1 is 0.968 bits per heavy atom. The summed E-state index contributed by atoms with van der Waals surface area (Å²) in [6.45, 7) is 0. The largest absolute Gasteiger partial charge is 0.359 e. The van der Waals surface area contributed by atoms with E-state index in [-0.39, 0.29) is 11.8 Å². The van der Waals surface area contributed by atoms with Gasteiger partial charge in [0.1, 0.15) is 0 Å². The number of amides is 2. The van der Waals surface area contributed by atoms with E-state index >= 15 is 0 Å². The molecule has 152 valence electrons. The minimum atomic E-state index is -0.619. The number of aromatic nitrogens is 1. The Morgan fingerprint density at radius 2 is 1.74 bits per heavy atom. The summed E-state index contributed by atoms with van der Waals surface area (Å²) in [6.07, 6.45) is 1.10. The maximum atomic E-state index is 13.4. The van der Waals surface area contributed by atoms with Gasteiger partial charge in [-0.25, -0.2) is 5.01 Å². The summed E-state index contributed by atoms with van der Waals surface area (Å²) in [5.41, 5.74) is 6.10. The van der Waals surface area contributed by atoms with E-state index in [9.17, 15) is 9.59 Å². The number of hydrazine groups is 1. The molecule has 4 aromatic rings. The Morgan fingerprint density at radius 3 is 2.61 bits per heavy atom. The molecule has 1 atom stereocenters. The van der Waals surface area contributed by atoms with Gasteiger partial charge in [-0.15, -0.1) is 0 Å². The highest BCUT2D eigenvalue weighted by atomic mass is 127. The first-order chi connectivity index (χ1) is 15.1. The standard InChI is InChI=1S/C24H17IN4O2/c25-19-12-3-1-9-16(19)23(30)28-29-22(27-20-13-4-2-10-17(20)24(29)31)18-11-5-7-15-8-6-14-26-21(15)18/h1-14,22,27H,(H,28,30)/t22-/m1/s1. The van der Waals surface area contributed by atoms with Gasteiger partial charge in [-0.05, 0) is 52.9 Å². The molecule has 0 saturated carbocycles. The third-order valence-electron chi connectivity index (χ3n) is 5.23. The molecule has 0 spiro atoms. The van der Waals surface area contributed by atoms with E-state index in [4.69, 9.17) is 0 Å². The van der Waals surface area contributed by atoms with E-state index in [0.29, 0.717) is 16.8 Å². The van der Waals surface area contributed by atoms with Crippen molar-refractivity contribution in [2.45, 2.75) is 6.17 Å². The lowest BCUT2D eigenvalue weighted by Gasteiger charge is -2.38. The fourth-order valence-electron chi connectivity index (χ4n) is 3.75. The summed E-state index contributed by atoms with van der Waals surface area (Å²) < 4.78 is 0.804. The van der Waals surface area contributed by atoms with Gasteiger partial charge in [-0.2, -0.15) is 0 Å². The van der Waals surface area contributed by atoms with Crippen molar-refractivity contribution < 1.29 is 9.59 Å². The van der Waals surface area contributed by atoms with Crippen LogP contribution in [0.3, 0.4) is 0 Å². The Balaban J connectivity index is 1.61. The van der Waals surface area contributed by atoms with Crippen LogP contribution in [0, 0.1) is 3.57 Å². The molecule has 1 aliphatic heterocycles. The van der Waals surface area contributed by atoms with Crippen molar-refractivity contribution in [3.05, 3.63) is 105 Å². The number of rotatable bonds is 3. The summed E-state index contributed by atoms with van der Waals surface area (Å²) in [4.78, 5) is 31.0. The fourth-order valence-corrected chi connectivity index (χ4v) is 4.38. The molecule has 2 N–H and O–H groups in total. The average Bonchev–Trinajstić information content (AvgIpc) is 2.80. The first kappa shape index (κ1) is 19.5. The van der Waals surface area contributed by atoms with Crippen LogP contribution < -0.4 is 10.7 Å². The number of fused-ring (bicyclic) bond motifs is 2. The normalized spacial score (nSPS) is 15.3. The second kappa shape index (κ2) is 7.99. The number of hydrogen-bond acceptors (Lipinski definition) is 4. The van der Waals surface area contributed by atoms with Crippen LogP contribution in [0.2, 0.25) is 0 Å². The lowest BCUT2D eigenvalue weighted by atomic mass is 10.0. The van der Waals surface area contributed by atoms with Crippen molar-refractivity contribution >= 4 is 51.0 Å². The minimum absolute atomic E-state index is 0.286. The van der Waals surface area contributed by atoms with Crippen LogP contribution in [0.1, 0.15) is 32.4 Å². The number of benzene rings is 3. The number of halogens is 1. The zero-order chi connectivity index (χ0) is 21.4. The third-order valence-corrected chi connectivity index (χ3v) is 6.17. The molecule has 7 heteroatoms. The van der Waals surface area contributed by atoms with E-state index in [1.54, 1.807) is 30.5 Å². The molecule has 6 nitrogen and oxygen atoms in total. The van der Waals surface area contributed by atoms with Gasteiger partial charge in [-0.3, -0.25) is 20.0 Å². The Kier molecular flexibility index (Phi) is 5.03. The zero-order valence-corrected chi connectivity index (χ0v) is 18.4. The van der Waals surface area contributed by atoms with Gasteiger partial charge in [0.25, 0.3) is 11.8 Å². The number of carbonyl (C=O) groups excluding carboxylic acids is 2. The van der Waals surface area contributed by atoms with Crippen molar-refractivity contribution in [2.24, 2.45) is 0 Å². The highest BCUT2D eigenvalue weighted by Crippen LogP contribution is 2.34. The van der Waals surface area contributed by atoms with Crippen LogP contribution in [0.15, 0.2) is 85.1 Å². The maximum absolute atomic E-state index is 13.4. The maximum Gasteiger partial charge on any atom is 0.276 e. The Labute approximate surface area is 192 Å². The van der Waals surface area contributed by atoms with Crippen molar-refractivity contribution in [1.29, 1.82) is 0 Å². The monoisotopic (exact) mass is 520 g/mol. The molecule has 0 saturated heterocycles. The smallest absolute Gasteiger partial charge is 0.276 e. The van der Waals surface area contributed by atoms with E-state index in [1.807, 2.05) is 54.6 Å². The number of carbonyl (C=O) groups is 2. The van der Waals surface area contributed by atoms with Gasteiger partial charge < -0.3 is 5.32 Å². The third kappa shape index (κ3) is 3.50. The van der Waals surface area contributed by atoms with E-state index in [1.165, 1.54) is 5.01 Å². The average molecular weight is 520 g/mol. The van der Waals surface area contributed by atoms with Crippen LogP contribution in [-0.4, -0.2) is 21.8 Å².